The summed E-state index contributed by atoms with van der Waals surface area (Å²) in [5, 5.41) is 19.9. The van der Waals surface area contributed by atoms with E-state index in [0.29, 0.717) is 26.1 Å². The number of nitrogens with zero attached hydrogens (tertiary/aromatic N) is 1. The molecule has 1 atom stereocenters. The van der Waals surface area contributed by atoms with Crippen LogP contribution in [0.15, 0.2) is 0 Å². The molecular weight excluding hydrogens is 242 g/mol. The van der Waals surface area contributed by atoms with E-state index in [2.05, 4.69) is 13.8 Å². The first-order chi connectivity index (χ1) is 9.06. The molecule has 0 heterocycles. The van der Waals surface area contributed by atoms with Crippen LogP contribution in [0.1, 0.15) is 65.7 Å². The van der Waals surface area contributed by atoms with Gasteiger partial charge in [-0.3, -0.25) is 0 Å². The monoisotopic (exact) mass is 275 g/mol. The molecule has 0 radical (unpaired) electrons. The lowest BCUT2D eigenvalue weighted by atomic mass is 10.0. The molecule has 0 bridgehead atoms. The van der Waals surface area contributed by atoms with Crippen LogP contribution in [0.25, 0.3) is 0 Å². The number of ether oxygens (including phenoxy) is 1. The summed E-state index contributed by atoms with van der Waals surface area (Å²) in [6, 6.07) is 0. The van der Waals surface area contributed by atoms with Gasteiger partial charge in [-0.1, -0.05) is 52.9 Å². The summed E-state index contributed by atoms with van der Waals surface area (Å²) in [4.78, 5) is 0. The van der Waals surface area contributed by atoms with Gasteiger partial charge in [0.1, 0.15) is 0 Å². The fourth-order valence-corrected chi connectivity index (χ4v) is 1.91. The van der Waals surface area contributed by atoms with Crippen LogP contribution in [0, 0.1) is 5.92 Å². The maximum absolute atomic E-state index is 9.54. The summed E-state index contributed by atoms with van der Waals surface area (Å²) in [7, 11) is 0. The van der Waals surface area contributed by atoms with E-state index in [4.69, 9.17) is 4.74 Å². The third kappa shape index (κ3) is 14.1. The molecule has 2 N–H and O–H groups in total. The zero-order chi connectivity index (χ0) is 14.5. The van der Waals surface area contributed by atoms with Crippen LogP contribution in [-0.4, -0.2) is 41.4 Å². The van der Waals surface area contributed by atoms with Crippen LogP contribution >= 0.6 is 0 Å². The molecule has 1 unspecified atom stereocenters. The highest BCUT2D eigenvalue weighted by molar-refractivity contribution is 4.50. The summed E-state index contributed by atoms with van der Waals surface area (Å²) in [6.07, 6.45) is 7.10. The van der Waals surface area contributed by atoms with E-state index in [-0.39, 0.29) is 0 Å². The third-order valence-corrected chi connectivity index (χ3v) is 3.24. The number of hydrogen-bond donors (Lipinski definition) is 2. The van der Waals surface area contributed by atoms with Crippen molar-refractivity contribution in [3.63, 3.8) is 0 Å². The van der Waals surface area contributed by atoms with Gasteiger partial charge in [0.2, 0.25) is 0 Å². The molecular formula is C15H33NO3. The Morgan fingerprint density at radius 1 is 1.00 bits per heavy atom. The van der Waals surface area contributed by atoms with Gasteiger partial charge in [0.05, 0.1) is 0 Å². The largest absolute Gasteiger partial charge is 0.368 e. The van der Waals surface area contributed by atoms with E-state index in [1.165, 1.54) is 37.2 Å². The number of rotatable bonds is 13. The van der Waals surface area contributed by atoms with Gasteiger partial charge in [0.25, 0.3) is 0 Å². The first kappa shape index (κ1) is 18.8. The second kappa shape index (κ2) is 12.9. The first-order valence-corrected chi connectivity index (χ1v) is 7.79. The van der Waals surface area contributed by atoms with Gasteiger partial charge >= 0.3 is 0 Å². The van der Waals surface area contributed by atoms with Crippen LogP contribution in [-0.2, 0) is 4.74 Å². The van der Waals surface area contributed by atoms with E-state index in [9.17, 15) is 10.3 Å². The smallest absolute Gasteiger partial charge is 0.155 e. The fraction of sp³-hybridized carbons (Fsp3) is 1.00. The SMILES string of the molecule is CCN(O)CCC(O)OCCCCCCCC(C)C. The molecule has 0 spiro atoms. The van der Waals surface area contributed by atoms with Crippen molar-refractivity contribution in [2.24, 2.45) is 5.92 Å². The minimum absolute atomic E-state index is 0.451. The van der Waals surface area contributed by atoms with E-state index < -0.39 is 6.29 Å². The van der Waals surface area contributed by atoms with Gasteiger partial charge in [-0.25, -0.2) is 0 Å². The van der Waals surface area contributed by atoms with E-state index in [1.54, 1.807) is 0 Å². The van der Waals surface area contributed by atoms with Crippen molar-refractivity contribution in [1.82, 2.24) is 5.06 Å². The van der Waals surface area contributed by atoms with Gasteiger partial charge in [-0.2, -0.15) is 5.06 Å². The Kier molecular flexibility index (Phi) is 12.7. The summed E-state index contributed by atoms with van der Waals surface area (Å²) in [6.45, 7) is 8.04. The van der Waals surface area contributed by atoms with Gasteiger partial charge in [0.15, 0.2) is 6.29 Å². The summed E-state index contributed by atoms with van der Waals surface area (Å²) in [5.41, 5.74) is 0. The highest BCUT2D eigenvalue weighted by Crippen LogP contribution is 2.10. The average Bonchev–Trinajstić information content (AvgIpc) is 2.38. The van der Waals surface area contributed by atoms with Crippen molar-refractivity contribution in [3.8, 4) is 0 Å². The normalized spacial score (nSPS) is 13.4. The number of unbranched alkanes of at least 4 members (excludes halogenated alkanes) is 4. The predicted molar refractivity (Wildman–Crippen MR) is 78.1 cm³/mol. The predicted octanol–water partition coefficient (Wildman–Crippen LogP) is 3.42. The van der Waals surface area contributed by atoms with Crippen molar-refractivity contribution >= 4 is 0 Å². The van der Waals surface area contributed by atoms with E-state index in [0.717, 1.165) is 12.3 Å². The molecule has 0 saturated carbocycles. The van der Waals surface area contributed by atoms with Crippen LogP contribution in [0.5, 0.6) is 0 Å². The Balaban J connectivity index is 3.20. The Bertz CT molecular complexity index is 188. The molecule has 116 valence electrons. The number of aliphatic hydroxyl groups excluding tert-OH is 1. The van der Waals surface area contributed by atoms with Crippen LogP contribution in [0.4, 0.5) is 0 Å². The van der Waals surface area contributed by atoms with Crippen molar-refractivity contribution < 1.29 is 15.1 Å². The maximum atomic E-state index is 9.54. The molecule has 0 amide bonds. The third-order valence-electron chi connectivity index (χ3n) is 3.24. The molecule has 0 fully saturated rings. The lowest BCUT2D eigenvalue weighted by molar-refractivity contribution is -0.137. The molecule has 0 aromatic carbocycles. The maximum Gasteiger partial charge on any atom is 0.155 e. The average molecular weight is 275 g/mol. The molecule has 0 rings (SSSR count). The number of hydroxylamine groups is 2. The lowest BCUT2D eigenvalue weighted by Crippen LogP contribution is -2.25. The summed E-state index contributed by atoms with van der Waals surface area (Å²) >= 11 is 0. The summed E-state index contributed by atoms with van der Waals surface area (Å²) < 4.78 is 5.30. The quantitative estimate of drug-likeness (QED) is 0.307. The molecule has 0 aromatic rings. The van der Waals surface area contributed by atoms with Crippen molar-refractivity contribution in [1.29, 1.82) is 0 Å². The minimum Gasteiger partial charge on any atom is -0.368 e. The number of hydrogen-bond acceptors (Lipinski definition) is 4. The minimum atomic E-state index is -0.748. The molecule has 4 nitrogen and oxygen atoms in total. The Labute approximate surface area is 118 Å². The Morgan fingerprint density at radius 3 is 2.26 bits per heavy atom. The number of aliphatic hydroxyl groups is 1. The van der Waals surface area contributed by atoms with Crippen molar-refractivity contribution in [3.05, 3.63) is 0 Å². The highest BCUT2D eigenvalue weighted by Gasteiger charge is 2.06. The molecule has 19 heavy (non-hydrogen) atoms. The van der Waals surface area contributed by atoms with E-state index in [1.807, 2.05) is 6.92 Å². The molecule has 0 aliphatic carbocycles. The molecule has 4 heteroatoms. The molecule has 0 aliphatic rings. The van der Waals surface area contributed by atoms with Gasteiger partial charge in [-0.05, 0) is 12.3 Å². The molecule has 0 aromatic heterocycles. The second-order valence-electron chi connectivity index (χ2n) is 5.61. The van der Waals surface area contributed by atoms with Gasteiger partial charge < -0.3 is 15.1 Å². The molecule has 0 aliphatic heterocycles. The zero-order valence-corrected chi connectivity index (χ0v) is 13.0. The Morgan fingerprint density at radius 2 is 1.63 bits per heavy atom. The van der Waals surface area contributed by atoms with E-state index >= 15 is 0 Å². The first-order valence-electron chi connectivity index (χ1n) is 7.79. The van der Waals surface area contributed by atoms with Crippen LogP contribution in [0.3, 0.4) is 0 Å². The van der Waals surface area contributed by atoms with Crippen molar-refractivity contribution in [2.75, 3.05) is 19.7 Å². The zero-order valence-electron chi connectivity index (χ0n) is 13.0. The fourth-order valence-electron chi connectivity index (χ4n) is 1.91. The van der Waals surface area contributed by atoms with Crippen LogP contribution < -0.4 is 0 Å². The lowest BCUT2D eigenvalue weighted by Gasteiger charge is -2.15. The molecule has 0 saturated heterocycles. The van der Waals surface area contributed by atoms with Gasteiger partial charge in [-0.15, -0.1) is 0 Å². The standard InChI is InChI=1S/C15H33NO3/c1-4-16(18)12-11-15(17)19-13-9-7-5-6-8-10-14(2)3/h14-15,17-18H,4-13H2,1-3H3. The Hall–Kier alpha value is -0.160. The highest BCUT2D eigenvalue weighted by atomic mass is 16.6. The van der Waals surface area contributed by atoms with Crippen molar-refractivity contribution in [2.45, 2.75) is 72.0 Å². The van der Waals surface area contributed by atoms with Crippen LogP contribution in [0.2, 0.25) is 0 Å². The topological polar surface area (TPSA) is 52.9 Å². The summed E-state index contributed by atoms with van der Waals surface area (Å²) in [5.74, 6) is 0.813. The van der Waals surface area contributed by atoms with Gasteiger partial charge in [0, 0.05) is 26.1 Å². The second-order valence-corrected chi connectivity index (χ2v) is 5.61.